The molecule has 1 aromatic carbocycles. The molecule has 3 nitrogen and oxygen atoms in total. The fourth-order valence-corrected chi connectivity index (χ4v) is 3.48. The van der Waals surface area contributed by atoms with Gasteiger partial charge in [0.15, 0.2) is 6.10 Å². The first-order valence-corrected chi connectivity index (χ1v) is 8.15. The third-order valence-corrected chi connectivity index (χ3v) is 4.87. The number of fused-ring (bicyclic) bond motifs is 1. The van der Waals surface area contributed by atoms with Crippen LogP contribution in [0.15, 0.2) is 35.7 Å². The van der Waals surface area contributed by atoms with E-state index in [2.05, 4.69) is 11.4 Å². The summed E-state index contributed by atoms with van der Waals surface area (Å²) in [7, 11) is 0. The van der Waals surface area contributed by atoms with E-state index in [4.69, 9.17) is 16.3 Å². The van der Waals surface area contributed by atoms with E-state index < -0.39 is 6.10 Å². The summed E-state index contributed by atoms with van der Waals surface area (Å²) in [4.78, 5) is 15.7. The largest absolute Gasteiger partial charge is 0.481 e. The molecule has 3 rings (SSSR count). The molecule has 0 spiro atoms. The summed E-state index contributed by atoms with van der Waals surface area (Å²) in [6.07, 6.45) is 0.443. The molecule has 1 amide bonds. The summed E-state index contributed by atoms with van der Waals surface area (Å²) < 4.78 is 5.71. The van der Waals surface area contributed by atoms with Crippen molar-refractivity contribution in [1.29, 1.82) is 0 Å². The summed E-state index contributed by atoms with van der Waals surface area (Å²) in [5.74, 6) is 0.690. The zero-order valence-corrected chi connectivity index (χ0v) is 13.3. The van der Waals surface area contributed by atoms with Gasteiger partial charge in [0.05, 0.1) is 0 Å². The molecule has 1 atom stereocenters. The van der Waals surface area contributed by atoms with Crippen molar-refractivity contribution in [2.24, 2.45) is 0 Å². The molecule has 0 bridgehead atoms. The molecular formula is C16H16ClNO2S. The van der Waals surface area contributed by atoms with Gasteiger partial charge in [-0.15, -0.1) is 11.3 Å². The zero-order valence-electron chi connectivity index (χ0n) is 11.7. The summed E-state index contributed by atoms with van der Waals surface area (Å²) >= 11 is 7.61. The first kappa shape index (κ1) is 14.4. The highest BCUT2D eigenvalue weighted by molar-refractivity contribution is 7.10. The van der Waals surface area contributed by atoms with E-state index in [1.54, 1.807) is 42.5 Å². The normalized spacial score (nSPS) is 15.4. The van der Waals surface area contributed by atoms with Crippen molar-refractivity contribution in [2.45, 2.75) is 26.0 Å². The second kappa shape index (κ2) is 6.08. The van der Waals surface area contributed by atoms with E-state index in [9.17, 15) is 4.79 Å². The van der Waals surface area contributed by atoms with E-state index in [0.29, 0.717) is 17.3 Å². The minimum absolute atomic E-state index is 0.0294. The Bertz CT molecular complexity index is 638. The molecule has 21 heavy (non-hydrogen) atoms. The van der Waals surface area contributed by atoms with Crippen molar-refractivity contribution in [1.82, 2.24) is 4.90 Å². The van der Waals surface area contributed by atoms with Crippen molar-refractivity contribution in [3.63, 3.8) is 0 Å². The molecule has 2 heterocycles. The Hall–Kier alpha value is -1.52. The molecule has 2 aromatic rings. The number of ether oxygens (including phenoxy) is 1. The molecule has 0 saturated carbocycles. The Kier molecular flexibility index (Phi) is 4.17. The van der Waals surface area contributed by atoms with Crippen LogP contribution in [0.1, 0.15) is 17.4 Å². The number of hydrogen-bond acceptors (Lipinski definition) is 3. The van der Waals surface area contributed by atoms with Crippen molar-refractivity contribution in [3.8, 4) is 5.75 Å². The molecule has 0 unspecified atom stereocenters. The highest BCUT2D eigenvalue weighted by Crippen LogP contribution is 2.25. The third-order valence-electron chi connectivity index (χ3n) is 3.59. The van der Waals surface area contributed by atoms with Gasteiger partial charge >= 0.3 is 0 Å². The minimum atomic E-state index is -0.494. The summed E-state index contributed by atoms with van der Waals surface area (Å²) in [5, 5.41) is 2.74. The molecule has 0 aliphatic carbocycles. The fourth-order valence-electron chi connectivity index (χ4n) is 2.46. The molecule has 0 N–H and O–H groups in total. The Morgan fingerprint density at radius 2 is 2.10 bits per heavy atom. The second-order valence-electron chi connectivity index (χ2n) is 5.09. The summed E-state index contributed by atoms with van der Waals surface area (Å²) in [6.45, 7) is 3.24. The quantitative estimate of drug-likeness (QED) is 0.861. The highest BCUT2D eigenvalue weighted by atomic mass is 35.5. The predicted octanol–water partition coefficient (Wildman–Crippen LogP) is 3.75. The maximum atomic E-state index is 12.5. The first-order valence-electron chi connectivity index (χ1n) is 6.90. The number of nitrogens with zero attached hydrogens (tertiary/aromatic N) is 1. The SMILES string of the molecule is C[C@@H](Oc1ccc(Cl)cc1)C(=O)N1CCc2sccc2C1. The van der Waals surface area contributed by atoms with Gasteiger partial charge in [-0.2, -0.15) is 0 Å². The second-order valence-corrected chi connectivity index (χ2v) is 6.53. The fraction of sp³-hybridized carbons (Fsp3) is 0.312. The zero-order chi connectivity index (χ0) is 14.8. The van der Waals surface area contributed by atoms with Crippen LogP contribution in [0.2, 0.25) is 5.02 Å². The summed E-state index contributed by atoms with van der Waals surface area (Å²) in [5.41, 5.74) is 1.26. The average molecular weight is 322 g/mol. The number of rotatable bonds is 3. The lowest BCUT2D eigenvalue weighted by atomic mass is 10.1. The molecule has 110 valence electrons. The van der Waals surface area contributed by atoms with E-state index in [0.717, 1.165) is 13.0 Å². The molecule has 0 radical (unpaired) electrons. The molecule has 1 aliphatic rings. The van der Waals surface area contributed by atoms with Crippen LogP contribution in [0.5, 0.6) is 5.75 Å². The number of halogens is 1. The van der Waals surface area contributed by atoms with Gasteiger partial charge in [0.2, 0.25) is 0 Å². The van der Waals surface area contributed by atoms with Crippen LogP contribution in [0.25, 0.3) is 0 Å². The molecule has 1 aromatic heterocycles. The van der Waals surface area contributed by atoms with Gasteiger partial charge in [-0.1, -0.05) is 11.6 Å². The van der Waals surface area contributed by atoms with Crippen molar-refractivity contribution in [2.75, 3.05) is 6.54 Å². The minimum Gasteiger partial charge on any atom is -0.481 e. The number of carbonyl (C=O) groups is 1. The van der Waals surface area contributed by atoms with Gasteiger partial charge < -0.3 is 9.64 Å². The summed E-state index contributed by atoms with van der Waals surface area (Å²) in [6, 6.07) is 9.17. The van der Waals surface area contributed by atoms with Gasteiger partial charge in [-0.3, -0.25) is 4.79 Å². The van der Waals surface area contributed by atoms with Crippen molar-refractivity contribution >= 4 is 28.8 Å². The van der Waals surface area contributed by atoms with E-state index >= 15 is 0 Å². The highest BCUT2D eigenvalue weighted by Gasteiger charge is 2.26. The number of carbonyl (C=O) groups excluding carboxylic acids is 1. The van der Waals surface area contributed by atoms with Gasteiger partial charge in [0, 0.05) is 23.0 Å². The molecular weight excluding hydrogens is 306 g/mol. The van der Waals surface area contributed by atoms with Crippen molar-refractivity contribution in [3.05, 3.63) is 51.2 Å². The monoisotopic (exact) mass is 321 g/mol. The van der Waals surface area contributed by atoms with Crippen LogP contribution < -0.4 is 4.74 Å². The topological polar surface area (TPSA) is 29.5 Å². The van der Waals surface area contributed by atoms with Crippen molar-refractivity contribution < 1.29 is 9.53 Å². The smallest absolute Gasteiger partial charge is 0.263 e. The maximum absolute atomic E-state index is 12.5. The first-order chi connectivity index (χ1) is 10.1. The Balaban J connectivity index is 1.64. The van der Waals surface area contributed by atoms with Crippen LogP contribution in [-0.4, -0.2) is 23.5 Å². The molecule has 5 heteroatoms. The van der Waals surface area contributed by atoms with E-state index in [1.807, 2.05) is 4.90 Å². The third kappa shape index (κ3) is 3.22. The number of hydrogen-bond donors (Lipinski definition) is 0. The van der Waals surface area contributed by atoms with E-state index in [1.165, 1.54) is 10.4 Å². The predicted molar refractivity (Wildman–Crippen MR) is 85.0 cm³/mol. The lowest BCUT2D eigenvalue weighted by molar-refractivity contribution is -0.138. The Labute approximate surface area is 133 Å². The van der Waals surface area contributed by atoms with Crippen LogP contribution in [0.4, 0.5) is 0 Å². The maximum Gasteiger partial charge on any atom is 0.263 e. The Morgan fingerprint density at radius 1 is 1.33 bits per heavy atom. The molecule has 0 saturated heterocycles. The van der Waals surface area contributed by atoms with Gasteiger partial charge in [-0.05, 0) is 54.6 Å². The van der Waals surface area contributed by atoms with Crippen LogP contribution in [0.3, 0.4) is 0 Å². The van der Waals surface area contributed by atoms with Gasteiger partial charge in [-0.25, -0.2) is 0 Å². The molecule has 1 aliphatic heterocycles. The van der Waals surface area contributed by atoms with Crippen LogP contribution in [0, 0.1) is 0 Å². The van der Waals surface area contributed by atoms with Gasteiger partial charge in [0.1, 0.15) is 5.75 Å². The van der Waals surface area contributed by atoms with Gasteiger partial charge in [0.25, 0.3) is 5.91 Å². The lowest BCUT2D eigenvalue weighted by Crippen LogP contribution is -2.42. The lowest BCUT2D eigenvalue weighted by Gasteiger charge is -2.29. The van der Waals surface area contributed by atoms with E-state index in [-0.39, 0.29) is 5.91 Å². The Morgan fingerprint density at radius 3 is 2.86 bits per heavy atom. The van der Waals surface area contributed by atoms with Crippen LogP contribution in [-0.2, 0) is 17.8 Å². The average Bonchev–Trinajstić information content (AvgIpc) is 2.96. The number of amides is 1. The standard InChI is InChI=1S/C16H16ClNO2S/c1-11(20-14-4-2-13(17)3-5-14)16(19)18-8-6-15-12(10-18)7-9-21-15/h2-5,7,9,11H,6,8,10H2,1H3/t11-/m1/s1. The van der Waals surface area contributed by atoms with Crippen LogP contribution >= 0.6 is 22.9 Å². The number of benzene rings is 1. The number of thiophene rings is 1. The molecule has 0 fully saturated rings.